The first-order valence-corrected chi connectivity index (χ1v) is 7.56. The van der Waals surface area contributed by atoms with Crippen LogP contribution in [-0.4, -0.2) is 29.9 Å². The fraction of sp³-hybridized carbons (Fsp3) is 0.583. The first kappa shape index (κ1) is 13.1. The van der Waals surface area contributed by atoms with E-state index in [-0.39, 0.29) is 11.9 Å². The summed E-state index contributed by atoms with van der Waals surface area (Å²) < 4.78 is 0.890. The van der Waals surface area contributed by atoms with Gasteiger partial charge in [0.2, 0.25) is 0 Å². The van der Waals surface area contributed by atoms with Crippen molar-refractivity contribution in [3.8, 4) is 0 Å². The van der Waals surface area contributed by atoms with Crippen molar-refractivity contribution in [3.05, 3.63) is 20.8 Å². The van der Waals surface area contributed by atoms with Gasteiger partial charge in [0.1, 0.15) is 4.88 Å². The Bertz CT molecular complexity index is 407. The lowest BCUT2D eigenvalue weighted by molar-refractivity contribution is 0.0536. The molecule has 0 spiro atoms. The average molecular weight is 317 g/mol. The van der Waals surface area contributed by atoms with Gasteiger partial charge in [0.05, 0.1) is 0 Å². The molecule has 1 saturated heterocycles. The number of halogens is 1. The molecule has 2 heterocycles. The predicted octanol–water partition coefficient (Wildman–Crippen LogP) is 2.71. The van der Waals surface area contributed by atoms with Crippen LogP contribution in [0.15, 0.2) is 15.9 Å². The summed E-state index contributed by atoms with van der Waals surface area (Å²) in [6.45, 7) is 3.56. The predicted molar refractivity (Wildman–Crippen MR) is 74.3 cm³/mol. The third kappa shape index (κ3) is 2.56. The van der Waals surface area contributed by atoms with Gasteiger partial charge in [-0.3, -0.25) is 4.79 Å². The Kier molecular flexibility index (Phi) is 4.22. The molecule has 1 aliphatic rings. The molecule has 1 fully saturated rings. The number of carbonyl (C=O) groups excluding carboxylic acids is 1. The maximum Gasteiger partial charge on any atom is 0.265 e. The topological polar surface area (TPSA) is 46.3 Å². The van der Waals surface area contributed by atoms with Crippen LogP contribution < -0.4 is 5.73 Å². The van der Waals surface area contributed by atoms with Crippen molar-refractivity contribution in [2.24, 2.45) is 11.7 Å². The molecule has 5 heteroatoms. The van der Waals surface area contributed by atoms with Crippen LogP contribution in [0.5, 0.6) is 0 Å². The summed E-state index contributed by atoms with van der Waals surface area (Å²) in [6.07, 6.45) is 2.24. The fourth-order valence-electron chi connectivity index (χ4n) is 2.44. The monoisotopic (exact) mass is 316 g/mol. The van der Waals surface area contributed by atoms with E-state index >= 15 is 0 Å². The quantitative estimate of drug-likeness (QED) is 0.911. The minimum absolute atomic E-state index is 0.119. The minimum atomic E-state index is 0.119. The summed E-state index contributed by atoms with van der Waals surface area (Å²) in [7, 11) is 0. The van der Waals surface area contributed by atoms with Gasteiger partial charge in [-0.2, -0.15) is 0 Å². The second-order valence-electron chi connectivity index (χ2n) is 4.52. The molecule has 0 aromatic carbocycles. The molecule has 0 saturated carbocycles. The number of piperidine rings is 1. The maximum atomic E-state index is 12.4. The molecular weight excluding hydrogens is 300 g/mol. The van der Waals surface area contributed by atoms with Crippen molar-refractivity contribution in [2.75, 3.05) is 13.1 Å². The molecule has 0 bridgehead atoms. The van der Waals surface area contributed by atoms with Gasteiger partial charge < -0.3 is 10.6 Å². The molecular formula is C12H17BrN2OS. The van der Waals surface area contributed by atoms with Crippen LogP contribution in [0.2, 0.25) is 0 Å². The highest BCUT2D eigenvalue weighted by Gasteiger charge is 2.32. The molecule has 0 radical (unpaired) electrons. The SMILES string of the molecule is C[C@@H]1CCCN(C(=O)c2sccc2Br)[C@@H]1CN. The lowest BCUT2D eigenvalue weighted by atomic mass is 9.90. The summed E-state index contributed by atoms with van der Waals surface area (Å²) >= 11 is 4.91. The molecule has 1 aliphatic heterocycles. The van der Waals surface area contributed by atoms with Crippen molar-refractivity contribution in [3.63, 3.8) is 0 Å². The van der Waals surface area contributed by atoms with Gasteiger partial charge in [-0.1, -0.05) is 6.92 Å². The Labute approximate surface area is 114 Å². The van der Waals surface area contributed by atoms with Gasteiger partial charge in [0.25, 0.3) is 5.91 Å². The highest BCUT2D eigenvalue weighted by atomic mass is 79.9. The third-order valence-corrected chi connectivity index (χ3v) is 5.26. The number of carbonyl (C=O) groups is 1. The zero-order valence-corrected chi connectivity index (χ0v) is 12.3. The van der Waals surface area contributed by atoms with E-state index in [9.17, 15) is 4.79 Å². The number of nitrogens with zero attached hydrogens (tertiary/aromatic N) is 1. The van der Waals surface area contributed by atoms with Gasteiger partial charge in [-0.25, -0.2) is 0 Å². The molecule has 94 valence electrons. The summed E-state index contributed by atoms with van der Waals surface area (Å²) in [4.78, 5) is 15.2. The number of hydrogen-bond acceptors (Lipinski definition) is 3. The van der Waals surface area contributed by atoms with Gasteiger partial charge in [-0.05, 0) is 46.1 Å². The molecule has 17 heavy (non-hydrogen) atoms. The Balaban J connectivity index is 2.21. The zero-order valence-electron chi connectivity index (χ0n) is 9.86. The summed E-state index contributed by atoms with van der Waals surface area (Å²) in [5.41, 5.74) is 5.81. The molecule has 1 aromatic heterocycles. The third-order valence-electron chi connectivity index (χ3n) is 3.43. The minimum Gasteiger partial charge on any atom is -0.333 e. The van der Waals surface area contributed by atoms with Crippen molar-refractivity contribution < 1.29 is 4.79 Å². The van der Waals surface area contributed by atoms with E-state index in [0.29, 0.717) is 12.5 Å². The molecule has 0 unspecified atom stereocenters. The molecule has 1 aromatic rings. The standard InChI is InChI=1S/C12H17BrN2OS/c1-8-3-2-5-15(10(8)7-14)12(16)11-9(13)4-6-17-11/h4,6,8,10H,2-3,5,7,14H2,1H3/t8-,10-/m1/s1. The Morgan fingerprint density at radius 1 is 1.71 bits per heavy atom. The second kappa shape index (κ2) is 5.50. The van der Waals surface area contributed by atoms with E-state index in [2.05, 4.69) is 22.9 Å². The fourth-order valence-corrected chi connectivity index (χ4v) is 3.93. The van der Waals surface area contributed by atoms with Crippen LogP contribution in [0, 0.1) is 5.92 Å². The second-order valence-corrected chi connectivity index (χ2v) is 6.29. The number of thiophene rings is 1. The summed E-state index contributed by atoms with van der Waals surface area (Å²) in [6, 6.07) is 2.10. The first-order valence-electron chi connectivity index (χ1n) is 5.89. The van der Waals surface area contributed by atoms with Crippen LogP contribution in [0.25, 0.3) is 0 Å². The van der Waals surface area contributed by atoms with Gasteiger partial charge in [-0.15, -0.1) is 11.3 Å². The Hall–Kier alpha value is -0.390. The normalized spacial score (nSPS) is 25.0. The van der Waals surface area contributed by atoms with Crippen molar-refractivity contribution in [1.82, 2.24) is 4.90 Å². The number of amides is 1. The number of likely N-dealkylation sites (tertiary alicyclic amines) is 1. The van der Waals surface area contributed by atoms with Gasteiger partial charge >= 0.3 is 0 Å². The van der Waals surface area contributed by atoms with E-state index in [1.807, 2.05) is 16.3 Å². The summed E-state index contributed by atoms with van der Waals surface area (Å²) in [5.74, 6) is 0.616. The lowest BCUT2D eigenvalue weighted by Gasteiger charge is -2.39. The van der Waals surface area contributed by atoms with E-state index < -0.39 is 0 Å². The molecule has 1 amide bonds. The molecule has 2 N–H and O–H groups in total. The van der Waals surface area contributed by atoms with E-state index in [1.54, 1.807) is 0 Å². The van der Waals surface area contributed by atoms with E-state index in [1.165, 1.54) is 11.3 Å². The first-order chi connectivity index (χ1) is 8.15. The molecule has 2 atom stereocenters. The average Bonchev–Trinajstić information content (AvgIpc) is 2.74. The summed E-state index contributed by atoms with van der Waals surface area (Å²) in [5, 5.41) is 1.93. The van der Waals surface area contributed by atoms with Crippen LogP contribution >= 0.6 is 27.3 Å². The smallest absolute Gasteiger partial charge is 0.265 e. The molecule has 0 aliphatic carbocycles. The van der Waals surface area contributed by atoms with Crippen LogP contribution in [-0.2, 0) is 0 Å². The van der Waals surface area contributed by atoms with E-state index in [4.69, 9.17) is 5.73 Å². The number of rotatable bonds is 2. The Morgan fingerprint density at radius 3 is 3.06 bits per heavy atom. The van der Waals surface area contributed by atoms with Crippen molar-refractivity contribution >= 4 is 33.2 Å². The largest absolute Gasteiger partial charge is 0.333 e. The molecule has 3 nitrogen and oxygen atoms in total. The number of hydrogen-bond donors (Lipinski definition) is 1. The van der Waals surface area contributed by atoms with E-state index in [0.717, 1.165) is 28.7 Å². The van der Waals surface area contributed by atoms with Crippen molar-refractivity contribution in [2.45, 2.75) is 25.8 Å². The highest BCUT2D eigenvalue weighted by Crippen LogP contribution is 2.29. The van der Waals surface area contributed by atoms with Crippen LogP contribution in [0.1, 0.15) is 29.4 Å². The van der Waals surface area contributed by atoms with Gasteiger partial charge in [0, 0.05) is 23.6 Å². The van der Waals surface area contributed by atoms with Gasteiger partial charge in [0.15, 0.2) is 0 Å². The lowest BCUT2D eigenvalue weighted by Crippen LogP contribution is -2.51. The van der Waals surface area contributed by atoms with Crippen molar-refractivity contribution in [1.29, 1.82) is 0 Å². The Morgan fingerprint density at radius 2 is 2.47 bits per heavy atom. The maximum absolute atomic E-state index is 12.4. The number of nitrogens with two attached hydrogens (primary N) is 1. The zero-order chi connectivity index (χ0) is 12.4. The van der Waals surface area contributed by atoms with Crippen LogP contribution in [0.4, 0.5) is 0 Å². The molecule has 2 rings (SSSR count). The highest BCUT2D eigenvalue weighted by molar-refractivity contribution is 9.10. The van der Waals surface area contributed by atoms with Crippen LogP contribution in [0.3, 0.4) is 0 Å².